The third kappa shape index (κ3) is 0.988. The number of aromatic amines is 1. The molecule has 1 aromatic heterocycles. The molecule has 0 radical (unpaired) electrons. The molecule has 0 spiro atoms. The van der Waals surface area contributed by atoms with Gasteiger partial charge in [-0.1, -0.05) is 0 Å². The van der Waals surface area contributed by atoms with Gasteiger partial charge in [-0.05, 0) is 0 Å². The van der Waals surface area contributed by atoms with E-state index in [-0.39, 0.29) is 6.61 Å². The molecular weight excluding hydrogens is 126 g/mol. The Morgan fingerprint density at radius 1 is 1.75 bits per heavy atom. The monoisotopic (exact) mass is 131 g/mol. The minimum atomic E-state index is -0.118. The van der Waals surface area contributed by atoms with Gasteiger partial charge in [0.25, 0.3) is 0 Å². The molecule has 0 bridgehead atoms. The van der Waals surface area contributed by atoms with Crippen molar-refractivity contribution in [3.8, 4) is 0 Å². The predicted molar refractivity (Wildman–Crippen MR) is 29.6 cm³/mol. The maximum absolute atomic E-state index is 8.38. The number of aliphatic hydroxyl groups is 1. The van der Waals surface area contributed by atoms with Crippen molar-refractivity contribution in [2.24, 2.45) is 0 Å². The first-order chi connectivity index (χ1) is 3.83. The van der Waals surface area contributed by atoms with E-state index in [9.17, 15) is 0 Å². The summed E-state index contributed by atoms with van der Waals surface area (Å²) in [5.74, 6) is 0.440. The van der Waals surface area contributed by atoms with Crippen LogP contribution in [-0.4, -0.2) is 20.3 Å². The molecule has 0 aliphatic carbocycles. The molecule has 0 aliphatic rings. The lowest BCUT2D eigenvalue weighted by Gasteiger charge is -1.78. The summed E-state index contributed by atoms with van der Waals surface area (Å²) in [6.07, 6.45) is 0. The fourth-order valence-corrected chi connectivity index (χ4v) is 0.527. The topological polar surface area (TPSA) is 61.8 Å². The van der Waals surface area contributed by atoms with Crippen LogP contribution in [0.5, 0.6) is 0 Å². The number of nitrogens with one attached hydrogen (secondary N) is 1. The molecule has 1 rings (SSSR count). The van der Waals surface area contributed by atoms with Crippen molar-refractivity contribution >= 4 is 12.6 Å². The van der Waals surface area contributed by atoms with Gasteiger partial charge >= 0.3 is 0 Å². The largest absolute Gasteiger partial charge is 0.388 e. The molecule has 0 aliphatic heterocycles. The van der Waals surface area contributed by atoms with Gasteiger partial charge in [0.1, 0.15) is 6.61 Å². The molecule has 0 saturated carbocycles. The molecular formula is C3H5N3OS. The molecule has 0 unspecified atom stereocenters. The van der Waals surface area contributed by atoms with E-state index in [0.717, 1.165) is 0 Å². The smallest absolute Gasteiger partial charge is 0.205 e. The van der Waals surface area contributed by atoms with E-state index in [4.69, 9.17) is 5.11 Å². The second-order valence-electron chi connectivity index (χ2n) is 1.24. The Kier molecular flexibility index (Phi) is 1.50. The number of hydrogen-bond acceptors (Lipinski definition) is 4. The van der Waals surface area contributed by atoms with E-state index >= 15 is 0 Å². The van der Waals surface area contributed by atoms with Gasteiger partial charge in [0.05, 0.1) is 0 Å². The van der Waals surface area contributed by atoms with Crippen LogP contribution in [0.2, 0.25) is 0 Å². The Morgan fingerprint density at radius 2 is 2.50 bits per heavy atom. The van der Waals surface area contributed by atoms with Crippen molar-refractivity contribution in [1.29, 1.82) is 0 Å². The first-order valence-corrected chi connectivity index (χ1v) is 2.49. The summed E-state index contributed by atoms with van der Waals surface area (Å²) in [7, 11) is 0. The number of thiol groups is 1. The number of aromatic nitrogens is 3. The fourth-order valence-electron chi connectivity index (χ4n) is 0.356. The number of rotatable bonds is 1. The Morgan fingerprint density at radius 3 is 2.75 bits per heavy atom. The van der Waals surface area contributed by atoms with Crippen molar-refractivity contribution in [1.82, 2.24) is 15.2 Å². The number of nitrogens with zero attached hydrogens (tertiary/aromatic N) is 2. The molecule has 44 valence electrons. The quantitative estimate of drug-likeness (QED) is 0.454. The summed E-state index contributed by atoms with van der Waals surface area (Å²) in [6, 6.07) is 0. The molecule has 1 heterocycles. The number of hydrogen-bond donors (Lipinski definition) is 3. The summed E-state index contributed by atoms with van der Waals surface area (Å²) in [6.45, 7) is -0.118. The highest BCUT2D eigenvalue weighted by atomic mass is 32.1. The van der Waals surface area contributed by atoms with E-state index in [2.05, 4.69) is 27.8 Å². The van der Waals surface area contributed by atoms with E-state index in [0.29, 0.717) is 11.0 Å². The normalized spacial score (nSPS) is 9.75. The zero-order valence-electron chi connectivity index (χ0n) is 4.00. The Bertz CT molecular complexity index is 175. The van der Waals surface area contributed by atoms with Crippen LogP contribution in [0.25, 0.3) is 0 Å². The van der Waals surface area contributed by atoms with Crippen LogP contribution in [0.15, 0.2) is 5.16 Å². The first-order valence-electron chi connectivity index (χ1n) is 2.04. The van der Waals surface area contributed by atoms with Crippen LogP contribution >= 0.6 is 12.6 Å². The van der Waals surface area contributed by atoms with E-state index < -0.39 is 0 Å². The average Bonchev–Trinajstić information content (AvgIpc) is 2.14. The lowest BCUT2D eigenvalue weighted by atomic mass is 10.7. The van der Waals surface area contributed by atoms with Gasteiger partial charge in [0.15, 0.2) is 5.82 Å². The van der Waals surface area contributed by atoms with Gasteiger partial charge in [0, 0.05) is 0 Å². The highest BCUT2D eigenvalue weighted by Crippen LogP contribution is 1.94. The summed E-state index contributed by atoms with van der Waals surface area (Å²) in [4.78, 5) is 3.68. The van der Waals surface area contributed by atoms with Crippen molar-refractivity contribution in [2.45, 2.75) is 11.8 Å². The van der Waals surface area contributed by atoms with Gasteiger partial charge in [-0.2, -0.15) is 0 Å². The van der Waals surface area contributed by atoms with Crippen molar-refractivity contribution in [3.05, 3.63) is 5.82 Å². The average molecular weight is 131 g/mol. The van der Waals surface area contributed by atoms with Gasteiger partial charge in [-0.15, -0.1) is 17.7 Å². The third-order valence-electron chi connectivity index (χ3n) is 0.670. The molecule has 0 saturated heterocycles. The van der Waals surface area contributed by atoms with Crippen LogP contribution in [-0.2, 0) is 6.61 Å². The molecule has 2 N–H and O–H groups in total. The zero-order chi connectivity index (χ0) is 5.98. The maximum Gasteiger partial charge on any atom is 0.205 e. The fraction of sp³-hybridized carbons (Fsp3) is 0.333. The van der Waals surface area contributed by atoms with Crippen LogP contribution in [0.1, 0.15) is 5.82 Å². The Hall–Kier alpha value is -0.550. The summed E-state index contributed by atoms with van der Waals surface area (Å²) in [5.41, 5.74) is 0. The van der Waals surface area contributed by atoms with Crippen LogP contribution < -0.4 is 0 Å². The molecule has 1 aromatic rings. The minimum Gasteiger partial charge on any atom is -0.388 e. The Labute approximate surface area is 51.4 Å². The minimum absolute atomic E-state index is 0.118. The summed E-state index contributed by atoms with van der Waals surface area (Å²) >= 11 is 3.79. The van der Waals surface area contributed by atoms with Gasteiger partial charge in [-0.25, -0.2) is 4.98 Å². The highest BCUT2D eigenvalue weighted by molar-refractivity contribution is 7.80. The predicted octanol–water partition coefficient (Wildman–Crippen LogP) is -0.414. The number of H-pyrrole nitrogens is 1. The maximum atomic E-state index is 8.38. The SMILES string of the molecule is OCc1nc(S)n[nH]1. The van der Waals surface area contributed by atoms with E-state index in [1.807, 2.05) is 0 Å². The van der Waals surface area contributed by atoms with Gasteiger partial charge in [-0.3, -0.25) is 5.10 Å². The molecule has 0 amide bonds. The molecule has 0 aromatic carbocycles. The summed E-state index contributed by atoms with van der Waals surface area (Å²) < 4.78 is 0. The molecule has 8 heavy (non-hydrogen) atoms. The van der Waals surface area contributed by atoms with Crippen molar-refractivity contribution in [2.75, 3.05) is 0 Å². The second kappa shape index (κ2) is 2.15. The second-order valence-corrected chi connectivity index (χ2v) is 1.64. The highest BCUT2D eigenvalue weighted by Gasteiger charge is 1.93. The number of aliphatic hydroxyl groups excluding tert-OH is 1. The van der Waals surface area contributed by atoms with E-state index in [1.165, 1.54) is 0 Å². The summed E-state index contributed by atoms with van der Waals surface area (Å²) in [5, 5.41) is 14.8. The van der Waals surface area contributed by atoms with Crippen LogP contribution in [0, 0.1) is 0 Å². The van der Waals surface area contributed by atoms with Crippen LogP contribution in [0.3, 0.4) is 0 Å². The molecule has 5 heteroatoms. The molecule has 4 nitrogen and oxygen atoms in total. The van der Waals surface area contributed by atoms with Crippen molar-refractivity contribution < 1.29 is 5.11 Å². The standard InChI is InChI=1S/C3H5N3OS/c7-1-2-4-3(8)6-5-2/h7H,1H2,(H2,4,5,6,8). The van der Waals surface area contributed by atoms with Gasteiger partial charge < -0.3 is 5.11 Å². The lowest BCUT2D eigenvalue weighted by molar-refractivity contribution is 0.271. The van der Waals surface area contributed by atoms with Crippen molar-refractivity contribution in [3.63, 3.8) is 0 Å². The molecule has 0 fully saturated rings. The molecule has 0 atom stereocenters. The third-order valence-corrected chi connectivity index (χ3v) is 0.870. The lowest BCUT2D eigenvalue weighted by Crippen LogP contribution is -1.83. The van der Waals surface area contributed by atoms with Crippen LogP contribution in [0.4, 0.5) is 0 Å². The van der Waals surface area contributed by atoms with E-state index in [1.54, 1.807) is 0 Å². The first kappa shape index (κ1) is 5.58. The van der Waals surface area contributed by atoms with Gasteiger partial charge in [0.2, 0.25) is 5.16 Å². The zero-order valence-corrected chi connectivity index (χ0v) is 4.89. The Balaban J connectivity index is 2.84.